The van der Waals surface area contributed by atoms with Crippen LogP contribution in [0.5, 0.6) is 0 Å². The van der Waals surface area contributed by atoms with E-state index in [0.29, 0.717) is 24.6 Å². The van der Waals surface area contributed by atoms with Crippen molar-refractivity contribution in [2.75, 3.05) is 6.54 Å². The Balaban J connectivity index is 1.37. The van der Waals surface area contributed by atoms with E-state index >= 15 is 0 Å². The molecular weight excluding hydrogens is 340 g/mol. The lowest BCUT2D eigenvalue weighted by atomic mass is 9.84. The Morgan fingerprint density at radius 3 is 2.67 bits per heavy atom. The number of hydrogen-bond acceptors (Lipinski definition) is 3. The van der Waals surface area contributed by atoms with Gasteiger partial charge in [0.05, 0.1) is 31.0 Å². The van der Waals surface area contributed by atoms with Crippen LogP contribution in [0.2, 0.25) is 0 Å². The lowest BCUT2D eigenvalue weighted by Gasteiger charge is -2.34. The van der Waals surface area contributed by atoms with Gasteiger partial charge < -0.3 is 10.2 Å². The predicted octanol–water partition coefficient (Wildman–Crippen LogP) is 2.57. The Kier molecular flexibility index (Phi) is 4.72. The van der Waals surface area contributed by atoms with Crippen molar-refractivity contribution in [1.29, 1.82) is 0 Å². The van der Waals surface area contributed by atoms with Crippen molar-refractivity contribution in [3.8, 4) is 0 Å². The highest BCUT2D eigenvalue weighted by atomic mass is 16.2. The van der Waals surface area contributed by atoms with Gasteiger partial charge in [-0.2, -0.15) is 5.10 Å². The molecule has 0 atom stereocenters. The molecule has 0 saturated heterocycles. The van der Waals surface area contributed by atoms with Gasteiger partial charge in [-0.3, -0.25) is 14.3 Å². The summed E-state index contributed by atoms with van der Waals surface area (Å²) in [6.07, 6.45) is 3.24. The zero-order valence-electron chi connectivity index (χ0n) is 16.0. The highest BCUT2D eigenvalue weighted by Gasteiger charge is 2.31. The largest absolute Gasteiger partial charge is 0.346 e. The van der Waals surface area contributed by atoms with Crippen molar-refractivity contribution < 1.29 is 9.59 Å². The van der Waals surface area contributed by atoms with E-state index < -0.39 is 0 Å². The molecule has 2 amide bonds. The van der Waals surface area contributed by atoms with Crippen molar-refractivity contribution in [3.05, 3.63) is 52.3 Å². The molecule has 0 spiro atoms. The summed E-state index contributed by atoms with van der Waals surface area (Å²) in [6, 6.07) is 7.72. The number of carbonyl (C=O) groups excluding carboxylic acids is 2. The van der Waals surface area contributed by atoms with Crippen molar-refractivity contribution in [1.82, 2.24) is 20.0 Å². The van der Waals surface area contributed by atoms with Gasteiger partial charge in [0.25, 0.3) is 5.91 Å². The quantitative estimate of drug-likeness (QED) is 0.904. The molecule has 2 aliphatic rings. The van der Waals surface area contributed by atoms with Gasteiger partial charge >= 0.3 is 0 Å². The summed E-state index contributed by atoms with van der Waals surface area (Å²) in [6.45, 7) is 6.49. The van der Waals surface area contributed by atoms with E-state index in [2.05, 4.69) is 10.4 Å². The Morgan fingerprint density at radius 2 is 1.96 bits per heavy atom. The van der Waals surface area contributed by atoms with Crippen molar-refractivity contribution in [2.45, 2.75) is 52.7 Å². The first-order chi connectivity index (χ1) is 13.0. The second-order valence-electron chi connectivity index (χ2n) is 7.72. The first kappa shape index (κ1) is 17.8. The molecule has 1 fully saturated rings. The van der Waals surface area contributed by atoms with Crippen molar-refractivity contribution in [3.63, 3.8) is 0 Å². The summed E-state index contributed by atoms with van der Waals surface area (Å²) < 4.78 is 1.96. The minimum Gasteiger partial charge on any atom is -0.346 e. The molecule has 2 heterocycles. The fourth-order valence-corrected chi connectivity index (χ4v) is 3.67. The maximum Gasteiger partial charge on any atom is 0.251 e. The van der Waals surface area contributed by atoms with Gasteiger partial charge in [0, 0.05) is 18.0 Å². The highest BCUT2D eigenvalue weighted by Crippen LogP contribution is 2.29. The molecule has 0 unspecified atom stereocenters. The molecule has 6 heteroatoms. The van der Waals surface area contributed by atoms with Gasteiger partial charge in [-0.15, -0.1) is 0 Å². The summed E-state index contributed by atoms with van der Waals surface area (Å²) in [4.78, 5) is 26.8. The molecule has 27 heavy (non-hydrogen) atoms. The van der Waals surface area contributed by atoms with Crippen LogP contribution in [-0.4, -0.2) is 33.0 Å². The van der Waals surface area contributed by atoms with Crippen molar-refractivity contribution >= 4 is 11.8 Å². The lowest BCUT2D eigenvalue weighted by Crippen LogP contribution is -2.43. The van der Waals surface area contributed by atoms with Gasteiger partial charge in [-0.25, -0.2) is 0 Å². The molecule has 1 aromatic carbocycles. The summed E-state index contributed by atoms with van der Waals surface area (Å²) in [5, 5.41) is 7.53. The van der Waals surface area contributed by atoms with E-state index in [-0.39, 0.29) is 11.8 Å². The molecule has 1 aliphatic carbocycles. The van der Waals surface area contributed by atoms with Gasteiger partial charge in [0.15, 0.2) is 0 Å². The summed E-state index contributed by atoms with van der Waals surface area (Å²) in [5.41, 5.74) is 4.83. The minimum absolute atomic E-state index is 0.0918. The van der Waals surface area contributed by atoms with Gasteiger partial charge in [-0.1, -0.05) is 12.5 Å². The molecular formula is C21H26N4O2. The Bertz CT molecular complexity index is 882. The second kappa shape index (κ2) is 7.18. The molecule has 0 radical (unpaired) electrons. The molecule has 4 rings (SSSR count). The van der Waals surface area contributed by atoms with Crippen LogP contribution in [0.3, 0.4) is 0 Å². The number of carbonyl (C=O) groups is 2. The zero-order valence-corrected chi connectivity index (χ0v) is 16.0. The maximum atomic E-state index is 12.5. The molecule has 2 aromatic rings. The molecule has 142 valence electrons. The zero-order chi connectivity index (χ0) is 19.0. The van der Waals surface area contributed by atoms with Crippen LogP contribution in [0.4, 0.5) is 0 Å². The maximum absolute atomic E-state index is 12.5. The van der Waals surface area contributed by atoms with Gasteiger partial charge in [0.1, 0.15) is 0 Å². The average molecular weight is 366 g/mol. The fraction of sp³-hybridized carbons (Fsp3) is 0.476. The third-order valence-corrected chi connectivity index (χ3v) is 5.81. The number of nitrogens with one attached hydrogen (secondary N) is 1. The lowest BCUT2D eigenvalue weighted by molar-refractivity contribution is -0.139. The third-order valence-electron chi connectivity index (χ3n) is 5.81. The molecule has 1 N–H and O–H groups in total. The first-order valence-electron chi connectivity index (χ1n) is 9.71. The van der Waals surface area contributed by atoms with Gasteiger partial charge in [0.2, 0.25) is 5.91 Å². The monoisotopic (exact) mass is 366 g/mol. The van der Waals surface area contributed by atoms with Crippen LogP contribution < -0.4 is 5.32 Å². The average Bonchev–Trinajstić information content (AvgIpc) is 3.02. The van der Waals surface area contributed by atoms with E-state index in [0.717, 1.165) is 42.9 Å². The number of nitrogens with zero attached hydrogens (tertiary/aromatic N) is 3. The molecule has 6 nitrogen and oxygen atoms in total. The summed E-state index contributed by atoms with van der Waals surface area (Å²) >= 11 is 0. The highest BCUT2D eigenvalue weighted by molar-refractivity contribution is 5.94. The van der Waals surface area contributed by atoms with Gasteiger partial charge in [-0.05, 0) is 56.0 Å². The number of aryl methyl sites for hydroxylation is 2. The van der Waals surface area contributed by atoms with Crippen LogP contribution in [-0.2, 0) is 24.4 Å². The van der Waals surface area contributed by atoms with Crippen molar-refractivity contribution in [2.24, 2.45) is 5.92 Å². The van der Waals surface area contributed by atoms with Crippen LogP contribution in [0.25, 0.3) is 0 Å². The Hall–Kier alpha value is -2.63. The van der Waals surface area contributed by atoms with Crippen LogP contribution in [0.15, 0.2) is 24.3 Å². The number of hydrogen-bond donors (Lipinski definition) is 1. The molecule has 1 saturated carbocycles. The molecule has 1 aromatic heterocycles. The van der Waals surface area contributed by atoms with Crippen LogP contribution >= 0.6 is 0 Å². The van der Waals surface area contributed by atoms with E-state index in [9.17, 15) is 9.59 Å². The second-order valence-corrected chi connectivity index (χ2v) is 7.72. The predicted molar refractivity (Wildman–Crippen MR) is 102 cm³/mol. The number of fused-ring (bicyclic) bond motifs is 1. The number of benzene rings is 1. The van der Waals surface area contributed by atoms with E-state index in [1.807, 2.05) is 47.7 Å². The van der Waals surface area contributed by atoms with E-state index in [1.165, 1.54) is 12.0 Å². The Labute approximate surface area is 159 Å². The van der Waals surface area contributed by atoms with E-state index in [1.54, 1.807) is 0 Å². The summed E-state index contributed by atoms with van der Waals surface area (Å²) in [7, 11) is 0. The first-order valence-corrected chi connectivity index (χ1v) is 9.71. The van der Waals surface area contributed by atoms with Crippen LogP contribution in [0.1, 0.15) is 52.1 Å². The topological polar surface area (TPSA) is 67.2 Å². The number of amides is 2. The normalized spacial score (nSPS) is 16.6. The summed E-state index contributed by atoms with van der Waals surface area (Å²) in [5.74, 6) is 0.431. The Morgan fingerprint density at radius 1 is 1.15 bits per heavy atom. The third kappa shape index (κ3) is 3.61. The smallest absolute Gasteiger partial charge is 0.251 e. The minimum atomic E-state index is -0.0918. The number of rotatable bonds is 4. The number of aromatic nitrogens is 2. The van der Waals surface area contributed by atoms with E-state index in [4.69, 9.17) is 0 Å². The molecule has 0 bridgehead atoms. The fourth-order valence-electron chi connectivity index (χ4n) is 3.67. The standard InChI is InChI=1S/C21H26N4O2/c1-14-6-7-17(10-15(14)2)20(26)22-12-18-11-19-13-24(8-9-25(19)23-18)21(27)16-4-3-5-16/h6-7,10-11,16H,3-5,8-9,12-13H2,1-2H3,(H,22,26). The SMILES string of the molecule is Cc1ccc(C(=O)NCc2cc3n(n2)CCN(C(=O)C2CCC2)C3)cc1C. The van der Waals surface area contributed by atoms with Crippen LogP contribution in [0, 0.1) is 19.8 Å². The molecule has 1 aliphatic heterocycles.